The molecule has 0 aliphatic carbocycles. The van der Waals surface area contributed by atoms with Crippen molar-refractivity contribution in [1.82, 2.24) is 19.6 Å². The van der Waals surface area contributed by atoms with Crippen LogP contribution in [-0.4, -0.2) is 127 Å². The third kappa shape index (κ3) is 8.14. The molecule has 0 bridgehead atoms. The van der Waals surface area contributed by atoms with E-state index in [2.05, 4.69) is 0 Å². The number of β-lactam (4-membered cyclic amide) rings is 1. The van der Waals surface area contributed by atoms with Gasteiger partial charge < -0.3 is 35.0 Å². The van der Waals surface area contributed by atoms with E-state index in [1.807, 2.05) is 25.9 Å². The number of carbonyl (C=O) groups is 5. The molecule has 0 unspecified atom stereocenters. The fourth-order valence-corrected chi connectivity index (χ4v) is 9.45. The van der Waals surface area contributed by atoms with Gasteiger partial charge in [-0.1, -0.05) is 6.92 Å². The molecule has 0 radical (unpaired) electrons. The smallest absolute Gasteiger partial charge is 0.410 e. The van der Waals surface area contributed by atoms with Crippen LogP contribution >= 0.6 is 11.8 Å². The molecule has 6 rings (SSSR count). The van der Waals surface area contributed by atoms with Crippen LogP contribution in [0.1, 0.15) is 37.8 Å². The summed E-state index contributed by atoms with van der Waals surface area (Å²) in [5.74, 6) is -3.73. The van der Waals surface area contributed by atoms with Gasteiger partial charge in [0.1, 0.15) is 31.0 Å². The molecule has 304 valence electrons. The number of amides is 4. The zero-order valence-electron chi connectivity index (χ0n) is 31.6. The number of non-ortho nitro benzene ring substituents is 2. The number of nitro benzene ring substituents is 2. The molecular formula is C37H43N7O12S. The number of fused-ring (bicyclic) bond motifs is 1. The molecule has 2 aromatic carbocycles. The first-order valence-corrected chi connectivity index (χ1v) is 19.1. The summed E-state index contributed by atoms with van der Waals surface area (Å²) in [6.45, 7) is 2.96. The second-order valence-corrected chi connectivity index (χ2v) is 16.2. The van der Waals surface area contributed by atoms with Crippen LogP contribution in [0.3, 0.4) is 0 Å². The van der Waals surface area contributed by atoms with E-state index in [0.29, 0.717) is 22.5 Å². The number of ether oxygens (including phenoxy) is 2. The van der Waals surface area contributed by atoms with Crippen LogP contribution in [0.25, 0.3) is 0 Å². The molecule has 3 N–H and O–H groups in total. The van der Waals surface area contributed by atoms with Crippen LogP contribution in [0.5, 0.6) is 0 Å². The Hall–Kier alpha value is -5.60. The number of benzene rings is 2. The quantitative estimate of drug-likeness (QED) is 0.127. The lowest BCUT2D eigenvalue weighted by Gasteiger charge is -2.46. The number of primary amides is 1. The molecule has 4 aliphatic heterocycles. The lowest BCUT2D eigenvalue weighted by atomic mass is 9.79. The summed E-state index contributed by atoms with van der Waals surface area (Å²) in [6.07, 6.45) is -1.49. The maximum atomic E-state index is 14.4. The summed E-state index contributed by atoms with van der Waals surface area (Å²) in [5.41, 5.74) is 6.37. The van der Waals surface area contributed by atoms with Gasteiger partial charge in [-0.3, -0.25) is 39.5 Å². The van der Waals surface area contributed by atoms with Crippen molar-refractivity contribution in [2.45, 2.75) is 75.4 Å². The molecule has 0 spiro atoms. The Morgan fingerprint density at radius 1 is 0.912 bits per heavy atom. The average Bonchev–Trinajstić information content (AvgIpc) is 3.87. The topological polar surface area (TPSA) is 249 Å². The number of esters is 1. The largest absolute Gasteiger partial charge is 0.456 e. The van der Waals surface area contributed by atoms with Crippen molar-refractivity contribution in [1.29, 1.82) is 0 Å². The number of nitrogens with two attached hydrogens (primary N) is 1. The van der Waals surface area contributed by atoms with Gasteiger partial charge in [0, 0.05) is 59.5 Å². The number of aliphatic hydroxyl groups excluding tert-OH is 1. The van der Waals surface area contributed by atoms with Gasteiger partial charge in [-0.05, 0) is 69.3 Å². The Morgan fingerprint density at radius 2 is 1.47 bits per heavy atom. The summed E-state index contributed by atoms with van der Waals surface area (Å²) in [6, 6.07) is 8.13. The van der Waals surface area contributed by atoms with Crippen LogP contribution in [0.4, 0.5) is 16.2 Å². The number of hydrogen-bond acceptors (Lipinski definition) is 14. The number of nitrogens with zero attached hydrogens (tertiary/aromatic N) is 6. The lowest BCUT2D eigenvalue weighted by molar-refractivity contribution is -0.385. The second kappa shape index (κ2) is 16.5. The number of hydrogen-bond donors (Lipinski definition) is 2. The number of nitro groups is 2. The minimum absolute atomic E-state index is 0.0226. The van der Waals surface area contributed by atoms with Crippen LogP contribution in [0.15, 0.2) is 59.1 Å². The molecule has 4 aliphatic rings. The van der Waals surface area contributed by atoms with E-state index >= 15 is 0 Å². The summed E-state index contributed by atoms with van der Waals surface area (Å²) in [5, 5.41) is 32.2. The molecule has 20 heteroatoms. The first-order chi connectivity index (χ1) is 27.0. The van der Waals surface area contributed by atoms with Crippen molar-refractivity contribution < 1.29 is 48.4 Å². The SMILES string of the molecule is C[C@@H](O)[C@@H]1C(=O)N2C(C(=O)OCc3ccc([N+](=O)[O-])cc3)=C(S[C@H]3C[C@@H](C(=O)N4C[C@@H](N(C)C)C[C@H]4C(N)=O)N(C(=O)OCc4ccc([N+](=O)[O-])cc4)C3)[C@H](C)[C@@H]12. The Bertz CT molecular complexity index is 1990. The first kappa shape index (κ1) is 41.0. The Balaban J connectivity index is 1.27. The number of thioether (sulfide) groups is 1. The first-order valence-electron chi connectivity index (χ1n) is 18.2. The van der Waals surface area contributed by atoms with Crippen molar-refractivity contribution >= 4 is 52.9 Å². The van der Waals surface area contributed by atoms with Gasteiger partial charge in [-0.25, -0.2) is 9.59 Å². The molecule has 2 aromatic rings. The fourth-order valence-electron chi connectivity index (χ4n) is 7.93. The maximum Gasteiger partial charge on any atom is 0.410 e. The van der Waals surface area contributed by atoms with Crippen LogP contribution in [0, 0.1) is 32.1 Å². The minimum atomic E-state index is -1.10. The van der Waals surface area contributed by atoms with Crippen molar-refractivity contribution in [3.8, 4) is 0 Å². The molecule has 0 aromatic heterocycles. The summed E-state index contributed by atoms with van der Waals surface area (Å²) < 4.78 is 11.2. The number of likely N-dealkylation sites (tertiary alicyclic amines) is 2. The van der Waals surface area contributed by atoms with Gasteiger partial charge in [-0.15, -0.1) is 11.8 Å². The van der Waals surface area contributed by atoms with Crippen molar-refractivity contribution in [2.75, 3.05) is 27.2 Å². The third-order valence-corrected chi connectivity index (χ3v) is 12.5. The summed E-state index contributed by atoms with van der Waals surface area (Å²) >= 11 is 1.21. The molecule has 3 fully saturated rings. The molecule has 3 saturated heterocycles. The molecular weight excluding hydrogens is 767 g/mol. The molecule has 8 atom stereocenters. The highest BCUT2D eigenvalue weighted by atomic mass is 32.2. The third-order valence-electron chi connectivity index (χ3n) is 11.0. The highest BCUT2D eigenvalue weighted by Crippen LogP contribution is 2.52. The predicted octanol–water partition coefficient (Wildman–Crippen LogP) is 2.14. The van der Waals surface area contributed by atoms with E-state index < -0.39 is 80.9 Å². The van der Waals surface area contributed by atoms with Gasteiger partial charge in [0.2, 0.25) is 17.7 Å². The standard InChI is InChI=1S/C37H43N7O12S/c1-19-30-29(20(2)45)35(48)42(30)31(36(49)55-17-21-5-9-23(10-6-21)43(51)52)32(19)57-26-14-28(34(47)40-15-25(39(3)4)13-27(40)33(38)46)41(16-26)37(50)56-18-22-7-11-24(12-8-22)44(53)54/h5-12,19-20,25-30,45H,13-18H2,1-4H3,(H2,38,46)/t19-,20-,25+,26+,27+,28+,29+,30+/m1/s1. The monoisotopic (exact) mass is 809 g/mol. The highest BCUT2D eigenvalue weighted by Gasteiger charge is 2.61. The summed E-state index contributed by atoms with van der Waals surface area (Å²) in [4.78, 5) is 95.3. The zero-order chi connectivity index (χ0) is 41.5. The van der Waals surface area contributed by atoms with Gasteiger partial charge in [0.15, 0.2) is 0 Å². The van der Waals surface area contributed by atoms with E-state index in [0.717, 1.165) is 0 Å². The Kier molecular flexibility index (Phi) is 11.9. The van der Waals surface area contributed by atoms with Gasteiger partial charge in [-0.2, -0.15) is 0 Å². The number of rotatable bonds is 13. The maximum absolute atomic E-state index is 14.4. The van der Waals surface area contributed by atoms with E-state index in [1.54, 1.807) is 0 Å². The van der Waals surface area contributed by atoms with Crippen molar-refractivity contribution in [2.24, 2.45) is 17.6 Å². The van der Waals surface area contributed by atoms with E-state index in [-0.39, 0.29) is 55.8 Å². The van der Waals surface area contributed by atoms with E-state index in [9.17, 15) is 49.3 Å². The van der Waals surface area contributed by atoms with Crippen LogP contribution in [0.2, 0.25) is 0 Å². The van der Waals surface area contributed by atoms with E-state index in [1.165, 1.54) is 81.9 Å². The highest BCUT2D eigenvalue weighted by molar-refractivity contribution is 8.03. The number of aliphatic hydroxyl groups is 1. The number of likely N-dealkylation sites (N-methyl/N-ethyl adjacent to an activating group) is 1. The van der Waals surface area contributed by atoms with Crippen LogP contribution in [-0.2, 0) is 41.9 Å². The Morgan fingerprint density at radius 3 is 1.98 bits per heavy atom. The molecule has 0 saturated carbocycles. The summed E-state index contributed by atoms with van der Waals surface area (Å²) in [7, 11) is 3.64. The van der Waals surface area contributed by atoms with E-state index in [4.69, 9.17) is 15.2 Å². The predicted molar refractivity (Wildman–Crippen MR) is 201 cm³/mol. The molecule has 57 heavy (non-hydrogen) atoms. The fraction of sp³-hybridized carbons (Fsp3) is 0.486. The minimum Gasteiger partial charge on any atom is -0.456 e. The zero-order valence-corrected chi connectivity index (χ0v) is 32.4. The lowest BCUT2D eigenvalue weighted by Crippen LogP contribution is -2.63. The van der Waals surface area contributed by atoms with Crippen molar-refractivity contribution in [3.63, 3.8) is 0 Å². The Labute approximate surface area is 331 Å². The number of carbonyl (C=O) groups excluding carboxylic acids is 5. The van der Waals surface area contributed by atoms with Gasteiger partial charge >= 0.3 is 12.1 Å². The normalized spacial score (nSPS) is 26.0. The second-order valence-electron chi connectivity index (χ2n) is 14.9. The van der Waals surface area contributed by atoms with Crippen molar-refractivity contribution in [3.05, 3.63) is 90.5 Å². The molecule has 4 amide bonds. The van der Waals surface area contributed by atoms with Crippen LogP contribution < -0.4 is 5.73 Å². The molecule has 19 nitrogen and oxygen atoms in total. The van der Waals surface area contributed by atoms with Gasteiger partial charge in [0.25, 0.3) is 11.4 Å². The average molecular weight is 810 g/mol. The van der Waals surface area contributed by atoms with Gasteiger partial charge in [0.05, 0.1) is 27.9 Å². The molecule has 4 heterocycles.